The minimum Gasteiger partial charge on any atom is -0.408 e. The normalized spacial score (nSPS) is 7.62. The zero-order valence-corrected chi connectivity index (χ0v) is 3.55. The zero-order chi connectivity index (χ0) is 6.57. The Bertz CT molecular complexity index is 101. The Labute approximate surface area is 43.5 Å². The van der Waals surface area contributed by atoms with E-state index in [2.05, 4.69) is 4.76 Å². The van der Waals surface area contributed by atoms with Crippen LogP contribution in [0.15, 0.2) is 5.09 Å². The molecule has 8 heteroatoms. The number of hydrogen-bond donors (Lipinski definition) is 1. The maximum atomic E-state index is 9.19. The molecule has 0 rings (SSSR count). The van der Waals surface area contributed by atoms with Gasteiger partial charge < -0.3 is 9.78 Å². The summed E-state index contributed by atoms with van der Waals surface area (Å²) in [6.07, 6.45) is 0. The summed E-state index contributed by atoms with van der Waals surface area (Å²) in [4.78, 5) is 18.3. The molecular weight excluding hydrogens is 119 g/mol. The van der Waals surface area contributed by atoms with Crippen LogP contribution in [0.3, 0.4) is 0 Å². The summed E-state index contributed by atoms with van der Waals surface area (Å²) in [6, 6.07) is 0. The van der Waals surface area contributed by atoms with E-state index in [-0.39, 0.29) is 0 Å². The summed E-state index contributed by atoms with van der Waals surface area (Å²) in [7, 11) is -2.20. The second-order valence-corrected chi connectivity index (χ2v) is 0.761. The molecule has 0 heterocycles. The summed E-state index contributed by atoms with van der Waals surface area (Å²) in [5.74, 6) is 0. The van der Waals surface area contributed by atoms with Crippen molar-refractivity contribution < 1.29 is 14.9 Å². The molecule has 0 aliphatic heterocycles. The third-order valence-corrected chi connectivity index (χ3v) is 0.271. The molecule has 1 N–H and O–H groups in total. The van der Waals surface area contributed by atoms with E-state index in [0.29, 0.717) is 0 Å². The second kappa shape index (κ2) is 2.91. The van der Waals surface area contributed by atoms with Crippen molar-refractivity contribution in [1.82, 2.24) is 0 Å². The Balaban J connectivity index is 3.38. The summed E-state index contributed by atoms with van der Waals surface area (Å²) >= 11 is 0. The molecule has 0 radical (unpaired) electrons. The Morgan fingerprint density at radius 2 is 2.38 bits per heavy atom. The lowest BCUT2D eigenvalue weighted by Gasteiger charge is -1.88. The van der Waals surface area contributed by atoms with Gasteiger partial charge in [-0.2, -0.15) is 4.91 Å². The highest BCUT2D eigenvalue weighted by molar-refractivity contribution is 6.39. The van der Waals surface area contributed by atoms with E-state index in [9.17, 15) is 10.1 Å². The van der Waals surface area contributed by atoms with E-state index in [1.807, 2.05) is 0 Å². The van der Waals surface area contributed by atoms with E-state index >= 15 is 0 Å². The smallest absolute Gasteiger partial charge is 0.408 e. The third kappa shape index (κ3) is 3.03. The molecule has 7 nitrogen and oxygen atoms in total. The first-order chi connectivity index (χ1) is 3.66. The molecule has 44 valence electrons. The van der Waals surface area contributed by atoms with Crippen LogP contribution >= 0.6 is 0 Å². The molecule has 0 amide bonds. The maximum absolute atomic E-state index is 9.19. The minimum atomic E-state index is -2.20. The van der Waals surface area contributed by atoms with Crippen LogP contribution in [0, 0.1) is 15.0 Å². The van der Waals surface area contributed by atoms with Gasteiger partial charge in [0, 0.05) is 0 Å². The summed E-state index contributed by atoms with van der Waals surface area (Å²) in [5.41, 5.74) is 0. The van der Waals surface area contributed by atoms with Crippen LogP contribution in [0.1, 0.15) is 0 Å². The van der Waals surface area contributed by atoms with Gasteiger partial charge in [0.2, 0.25) is 0 Å². The molecule has 8 heavy (non-hydrogen) atoms. The molecule has 0 saturated heterocycles. The minimum absolute atomic E-state index is 1.31. The van der Waals surface area contributed by atoms with Crippen LogP contribution in [0.25, 0.3) is 0 Å². The van der Waals surface area contributed by atoms with Crippen molar-refractivity contribution in [3.63, 3.8) is 0 Å². The van der Waals surface area contributed by atoms with Crippen LogP contribution in [-0.2, 0) is 4.76 Å². The van der Waals surface area contributed by atoms with Crippen molar-refractivity contribution in [2.75, 3.05) is 0 Å². The van der Waals surface area contributed by atoms with Gasteiger partial charge >= 0.3 is 7.25 Å². The van der Waals surface area contributed by atoms with Crippen LogP contribution in [0.5, 0.6) is 0 Å². The van der Waals surface area contributed by atoms with Gasteiger partial charge in [-0.25, -0.2) is 0 Å². The van der Waals surface area contributed by atoms with Crippen molar-refractivity contribution >= 4 is 7.25 Å². The van der Waals surface area contributed by atoms with E-state index in [4.69, 9.17) is 9.93 Å². The average molecular weight is 120 g/mol. The molecule has 0 atom stereocenters. The van der Waals surface area contributed by atoms with E-state index in [0.717, 1.165) is 0 Å². The fraction of sp³-hybridized carbons (Fsp3) is 0. The Morgan fingerprint density at radius 1 is 1.88 bits per heavy atom. The predicted octanol–water partition coefficient (Wildman–Crippen LogP) is -1.06. The monoisotopic (exact) mass is 120 g/mol. The van der Waals surface area contributed by atoms with Crippen LogP contribution in [0.2, 0.25) is 0 Å². The second-order valence-electron chi connectivity index (χ2n) is 0.761. The molecule has 0 aromatic rings. The van der Waals surface area contributed by atoms with Gasteiger partial charge in [-0.1, -0.05) is 5.09 Å². The highest BCUT2D eigenvalue weighted by Gasteiger charge is 2.17. The average Bonchev–Trinajstić information content (AvgIpc) is 1.65. The zero-order valence-electron chi connectivity index (χ0n) is 3.55. The molecular formula is HBN2O5. The Kier molecular flexibility index (Phi) is 2.48. The van der Waals surface area contributed by atoms with Gasteiger partial charge in [0.15, 0.2) is 0 Å². The number of nitrogens with zero attached hydrogens (tertiary/aromatic N) is 2. The van der Waals surface area contributed by atoms with Gasteiger partial charge in [-0.3, -0.25) is 0 Å². The standard InChI is InChI=1S/BHN2O5/c4-1(2-5)8-3(6)7/h4H. The topological polar surface area (TPSA) is 102 Å². The fourth-order valence-corrected chi connectivity index (χ4v) is 0.0962. The quantitative estimate of drug-likeness (QED) is 0.221. The fourth-order valence-electron chi connectivity index (χ4n) is 0.0962. The van der Waals surface area contributed by atoms with Gasteiger partial charge in [-0.15, -0.1) is 10.1 Å². The van der Waals surface area contributed by atoms with Crippen molar-refractivity contribution in [3.8, 4) is 0 Å². The molecule has 0 unspecified atom stereocenters. The van der Waals surface area contributed by atoms with Crippen molar-refractivity contribution in [2.45, 2.75) is 0 Å². The van der Waals surface area contributed by atoms with E-state index < -0.39 is 12.3 Å². The summed E-state index contributed by atoms with van der Waals surface area (Å²) < 4.78 is 3.20. The van der Waals surface area contributed by atoms with Crippen molar-refractivity contribution in [1.29, 1.82) is 0 Å². The van der Waals surface area contributed by atoms with Crippen LogP contribution in [-0.4, -0.2) is 17.4 Å². The van der Waals surface area contributed by atoms with E-state index in [1.54, 1.807) is 5.09 Å². The first kappa shape index (κ1) is 6.82. The molecule has 0 saturated carbocycles. The third-order valence-electron chi connectivity index (χ3n) is 0.271. The summed E-state index contributed by atoms with van der Waals surface area (Å²) in [6.45, 7) is 0. The maximum Gasteiger partial charge on any atom is 0.680 e. The van der Waals surface area contributed by atoms with Crippen LogP contribution in [0.4, 0.5) is 0 Å². The Morgan fingerprint density at radius 3 is 2.50 bits per heavy atom. The highest BCUT2D eigenvalue weighted by Crippen LogP contribution is 1.79. The molecule has 0 aromatic carbocycles. The lowest BCUT2D eigenvalue weighted by Crippen LogP contribution is -2.18. The highest BCUT2D eigenvalue weighted by atomic mass is 17.0. The molecule has 0 aromatic heterocycles. The van der Waals surface area contributed by atoms with Crippen molar-refractivity contribution in [3.05, 3.63) is 15.0 Å². The molecule has 0 aliphatic rings. The number of hydrogen-bond acceptors (Lipinski definition) is 6. The molecule has 0 bridgehead atoms. The first-order valence-corrected chi connectivity index (χ1v) is 1.48. The number of rotatable bonds is 3. The van der Waals surface area contributed by atoms with E-state index in [1.165, 1.54) is 0 Å². The summed E-state index contributed by atoms with van der Waals surface area (Å²) in [5, 5.41) is 17.5. The van der Waals surface area contributed by atoms with Gasteiger partial charge in [-0.05, 0) is 0 Å². The molecule has 0 aliphatic carbocycles. The van der Waals surface area contributed by atoms with Crippen LogP contribution < -0.4 is 0 Å². The predicted molar refractivity (Wildman–Crippen MR) is 21.8 cm³/mol. The largest absolute Gasteiger partial charge is 0.680 e. The van der Waals surface area contributed by atoms with Gasteiger partial charge in [0.25, 0.3) is 5.09 Å². The van der Waals surface area contributed by atoms with Gasteiger partial charge in [0.1, 0.15) is 0 Å². The first-order valence-electron chi connectivity index (χ1n) is 1.48. The number of nitroso groups, excluding NO2 is 1. The Hall–Kier alpha value is -1.18. The molecule has 0 fully saturated rings. The lowest BCUT2D eigenvalue weighted by molar-refractivity contribution is -0.721. The van der Waals surface area contributed by atoms with Gasteiger partial charge in [0.05, 0.1) is 0 Å². The lowest BCUT2D eigenvalue weighted by atomic mass is 10.2. The van der Waals surface area contributed by atoms with Crippen molar-refractivity contribution in [2.24, 2.45) is 5.09 Å². The molecule has 0 spiro atoms. The SMILES string of the molecule is O=NB(O)O[N+](=O)[O-].